The van der Waals surface area contributed by atoms with Crippen LogP contribution in [0, 0.1) is 0 Å². The van der Waals surface area contributed by atoms with Crippen LogP contribution in [-0.2, 0) is 9.59 Å². The van der Waals surface area contributed by atoms with E-state index in [1.165, 1.54) is 0 Å². The molecule has 0 aliphatic carbocycles. The van der Waals surface area contributed by atoms with Gasteiger partial charge in [0.15, 0.2) is 0 Å². The molecule has 0 amide bonds. The van der Waals surface area contributed by atoms with Crippen LogP contribution in [0.3, 0.4) is 0 Å². The van der Waals surface area contributed by atoms with Crippen LogP contribution >= 0.6 is 0 Å². The van der Waals surface area contributed by atoms with E-state index in [2.05, 4.69) is 0 Å². The molecule has 0 unspecified atom stereocenters. The van der Waals surface area contributed by atoms with E-state index in [0.717, 1.165) is 0 Å². The van der Waals surface area contributed by atoms with Gasteiger partial charge in [-0.3, -0.25) is 0 Å². The summed E-state index contributed by atoms with van der Waals surface area (Å²) in [4.78, 5) is 17.8. The zero-order valence-corrected chi connectivity index (χ0v) is 5.13. The Morgan fingerprint density at radius 1 is 1.45 bits per heavy atom. The molecule has 11 heavy (non-hydrogen) atoms. The number of hydrogen-bond donors (Lipinski definition) is 2. The molecule has 0 spiro atoms. The predicted molar refractivity (Wildman–Crippen MR) is 26.8 cm³/mol. The SMILES string of the molecule is O=C(O)C(F)(F)F.O=CCO. The summed E-state index contributed by atoms with van der Waals surface area (Å²) in [5.74, 6) is -2.76. The predicted octanol–water partition coefficient (Wildman–Crippen LogP) is -0.189. The van der Waals surface area contributed by atoms with E-state index in [4.69, 9.17) is 19.8 Å². The topological polar surface area (TPSA) is 74.6 Å². The lowest BCUT2D eigenvalue weighted by Crippen LogP contribution is -2.21. The van der Waals surface area contributed by atoms with Crippen LogP contribution in [0.25, 0.3) is 0 Å². The Balaban J connectivity index is 0. The molecule has 0 aromatic heterocycles. The Labute approximate surface area is 59.2 Å². The number of alkyl halides is 3. The van der Waals surface area contributed by atoms with Crippen LogP contribution < -0.4 is 0 Å². The molecule has 0 atom stereocenters. The number of aldehydes is 1. The van der Waals surface area contributed by atoms with Crippen molar-refractivity contribution in [3.05, 3.63) is 0 Å². The highest BCUT2D eigenvalue weighted by Gasteiger charge is 2.38. The van der Waals surface area contributed by atoms with Crippen molar-refractivity contribution in [2.24, 2.45) is 0 Å². The molecular weight excluding hydrogens is 169 g/mol. The van der Waals surface area contributed by atoms with Gasteiger partial charge in [-0.15, -0.1) is 0 Å². The van der Waals surface area contributed by atoms with Crippen molar-refractivity contribution in [3.8, 4) is 0 Å². The maximum atomic E-state index is 10.6. The minimum absolute atomic E-state index is 0.361. The first-order chi connectivity index (χ1) is 4.86. The average molecular weight is 174 g/mol. The van der Waals surface area contributed by atoms with Crippen LogP contribution in [0.1, 0.15) is 0 Å². The normalized spacial score (nSPS) is 9.45. The number of aliphatic carboxylic acids is 1. The van der Waals surface area contributed by atoms with Gasteiger partial charge < -0.3 is 15.0 Å². The maximum absolute atomic E-state index is 10.6. The summed E-state index contributed by atoms with van der Waals surface area (Å²) in [5.41, 5.74) is 0. The molecule has 0 aromatic rings. The van der Waals surface area contributed by atoms with Gasteiger partial charge in [0.05, 0.1) is 6.61 Å². The first-order valence-electron chi connectivity index (χ1n) is 2.20. The number of carboxylic acid groups (broad SMARTS) is 1. The Kier molecular flexibility index (Phi) is 6.46. The number of rotatable bonds is 1. The van der Waals surface area contributed by atoms with Gasteiger partial charge >= 0.3 is 12.1 Å². The second kappa shape index (κ2) is 5.66. The van der Waals surface area contributed by atoms with E-state index in [-0.39, 0.29) is 6.61 Å². The van der Waals surface area contributed by atoms with Crippen molar-refractivity contribution in [1.29, 1.82) is 0 Å². The van der Waals surface area contributed by atoms with Crippen LogP contribution in [0.15, 0.2) is 0 Å². The maximum Gasteiger partial charge on any atom is 0.490 e. The highest BCUT2D eigenvalue weighted by Crippen LogP contribution is 2.13. The smallest absolute Gasteiger partial charge is 0.475 e. The third-order valence-corrected chi connectivity index (χ3v) is 0.317. The minimum atomic E-state index is -5.08. The number of carbonyl (C=O) groups is 2. The highest BCUT2D eigenvalue weighted by atomic mass is 19.4. The molecule has 4 nitrogen and oxygen atoms in total. The lowest BCUT2D eigenvalue weighted by Gasteiger charge is -1.93. The Morgan fingerprint density at radius 3 is 1.64 bits per heavy atom. The van der Waals surface area contributed by atoms with E-state index < -0.39 is 12.1 Å². The van der Waals surface area contributed by atoms with E-state index in [0.29, 0.717) is 6.29 Å². The molecular formula is C4H5F3O4. The lowest BCUT2D eigenvalue weighted by atomic mass is 10.7. The first-order valence-corrected chi connectivity index (χ1v) is 2.20. The number of hydrogen-bond acceptors (Lipinski definition) is 3. The molecule has 2 N–H and O–H groups in total. The molecule has 0 fully saturated rings. The Bertz CT molecular complexity index is 130. The van der Waals surface area contributed by atoms with Crippen LogP contribution in [0.4, 0.5) is 13.2 Å². The molecule has 7 heteroatoms. The molecule has 0 aliphatic rings. The third kappa shape index (κ3) is 12.2. The molecule has 0 rings (SSSR count). The Hall–Kier alpha value is -1.11. The fourth-order valence-electron chi connectivity index (χ4n) is 0. The number of aliphatic hydroxyl groups excluding tert-OH is 1. The molecule has 0 saturated carbocycles. The lowest BCUT2D eigenvalue weighted by molar-refractivity contribution is -0.192. The van der Waals surface area contributed by atoms with Crippen LogP contribution in [0.2, 0.25) is 0 Å². The quantitative estimate of drug-likeness (QED) is 0.540. The summed E-state index contributed by atoms with van der Waals surface area (Å²) in [5, 5.41) is 14.6. The van der Waals surface area contributed by atoms with Gasteiger partial charge in [-0.1, -0.05) is 0 Å². The minimum Gasteiger partial charge on any atom is -0.475 e. The fraction of sp³-hybridized carbons (Fsp3) is 0.500. The van der Waals surface area contributed by atoms with Gasteiger partial charge in [0.25, 0.3) is 0 Å². The summed E-state index contributed by atoms with van der Waals surface area (Å²) in [6.07, 6.45) is -4.65. The van der Waals surface area contributed by atoms with Crippen molar-refractivity contribution in [2.75, 3.05) is 6.61 Å². The van der Waals surface area contributed by atoms with E-state index in [1.807, 2.05) is 0 Å². The number of carbonyl (C=O) groups excluding carboxylic acids is 1. The molecule has 0 radical (unpaired) electrons. The fourth-order valence-corrected chi connectivity index (χ4v) is 0. The van der Waals surface area contributed by atoms with Gasteiger partial charge in [-0.05, 0) is 0 Å². The standard InChI is InChI=1S/C2HF3O2.C2H4O2/c3-2(4,5)1(6)7;3-1-2-4/h(H,6,7);1,4H,2H2. The largest absolute Gasteiger partial charge is 0.490 e. The third-order valence-electron chi connectivity index (χ3n) is 0.317. The summed E-state index contributed by atoms with van der Waals surface area (Å²) < 4.78 is 31.7. The zero-order chi connectivity index (χ0) is 9.49. The van der Waals surface area contributed by atoms with E-state index in [1.54, 1.807) is 0 Å². The summed E-state index contributed by atoms with van der Waals surface area (Å²) in [7, 11) is 0. The number of carboxylic acids is 1. The summed E-state index contributed by atoms with van der Waals surface area (Å²) in [6.45, 7) is -0.361. The molecule has 0 aliphatic heterocycles. The zero-order valence-electron chi connectivity index (χ0n) is 5.13. The Morgan fingerprint density at radius 2 is 1.64 bits per heavy atom. The average Bonchev–Trinajstić information content (AvgIpc) is 1.87. The second-order valence-corrected chi connectivity index (χ2v) is 1.15. The molecule has 66 valence electrons. The molecule has 0 saturated heterocycles. The van der Waals surface area contributed by atoms with Gasteiger partial charge in [0, 0.05) is 0 Å². The summed E-state index contributed by atoms with van der Waals surface area (Å²) >= 11 is 0. The van der Waals surface area contributed by atoms with Gasteiger partial charge in [-0.25, -0.2) is 4.79 Å². The van der Waals surface area contributed by atoms with Crippen molar-refractivity contribution >= 4 is 12.3 Å². The number of aliphatic hydroxyl groups is 1. The van der Waals surface area contributed by atoms with E-state index >= 15 is 0 Å². The van der Waals surface area contributed by atoms with Crippen molar-refractivity contribution in [3.63, 3.8) is 0 Å². The van der Waals surface area contributed by atoms with Gasteiger partial charge in [0.1, 0.15) is 6.29 Å². The molecule has 0 heterocycles. The number of halogens is 3. The van der Waals surface area contributed by atoms with Gasteiger partial charge in [-0.2, -0.15) is 13.2 Å². The van der Waals surface area contributed by atoms with Gasteiger partial charge in [0.2, 0.25) is 0 Å². The van der Waals surface area contributed by atoms with Crippen molar-refractivity contribution in [2.45, 2.75) is 6.18 Å². The van der Waals surface area contributed by atoms with E-state index in [9.17, 15) is 13.2 Å². The first kappa shape index (κ1) is 12.6. The summed E-state index contributed by atoms with van der Waals surface area (Å²) in [6, 6.07) is 0. The van der Waals surface area contributed by atoms with Crippen molar-refractivity contribution in [1.82, 2.24) is 0 Å². The highest BCUT2D eigenvalue weighted by molar-refractivity contribution is 5.73. The second-order valence-electron chi connectivity index (χ2n) is 1.15. The monoisotopic (exact) mass is 174 g/mol. The van der Waals surface area contributed by atoms with Crippen molar-refractivity contribution < 1.29 is 33.0 Å². The molecule has 0 aromatic carbocycles. The van der Waals surface area contributed by atoms with Crippen LogP contribution in [0.5, 0.6) is 0 Å². The molecule has 0 bridgehead atoms. The van der Waals surface area contributed by atoms with Crippen LogP contribution in [-0.4, -0.2) is 35.3 Å².